The molecule has 124 valence electrons. The normalized spacial score (nSPS) is 30.3. The minimum Gasteiger partial charge on any atom is -0.391 e. The van der Waals surface area contributed by atoms with Crippen LogP contribution in [-0.2, 0) is 9.59 Å². The van der Waals surface area contributed by atoms with E-state index in [-0.39, 0.29) is 17.6 Å². The van der Waals surface area contributed by atoms with Gasteiger partial charge in [-0.2, -0.15) is 0 Å². The number of benzene rings is 1. The van der Waals surface area contributed by atoms with Crippen LogP contribution in [0, 0.1) is 24.6 Å². The summed E-state index contributed by atoms with van der Waals surface area (Å²) in [6.45, 7) is 1.63. The summed E-state index contributed by atoms with van der Waals surface area (Å²) in [5, 5.41) is 15.9. The van der Waals surface area contributed by atoms with Crippen LogP contribution in [-0.4, -0.2) is 29.1 Å². The average Bonchev–Trinajstić information content (AvgIpc) is 2.51. The number of amides is 2. The molecule has 6 heteroatoms. The summed E-state index contributed by atoms with van der Waals surface area (Å²) < 4.78 is 13.6. The molecule has 0 radical (unpaired) electrons. The van der Waals surface area contributed by atoms with Gasteiger partial charge in [-0.15, -0.1) is 0 Å². The number of carbonyl (C=O) groups excluding carboxylic acids is 2. The molecule has 1 saturated carbocycles. The van der Waals surface area contributed by atoms with Crippen molar-refractivity contribution in [1.29, 1.82) is 0 Å². The molecule has 5 nitrogen and oxygen atoms in total. The first-order valence-corrected chi connectivity index (χ1v) is 8.03. The van der Waals surface area contributed by atoms with Gasteiger partial charge in [-0.25, -0.2) is 4.39 Å². The van der Waals surface area contributed by atoms with Crippen molar-refractivity contribution < 1.29 is 19.1 Å². The number of aliphatic hydroxyl groups excluding tert-OH is 1. The molecule has 23 heavy (non-hydrogen) atoms. The number of fused-ring (bicyclic) bond motifs is 1. The highest BCUT2D eigenvalue weighted by Gasteiger charge is 2.47. The first-order chi connectivity index (χ1) is 11.0. The molecular formula is C17H21FN2O3. The van der Waals surface area contributed by atoms with E-state index in [0.717, 1.165) is 25.7 Å². The van der Waals surface area contributed by atoms with Crippen LogP contribution < -0.4 is 10.6 Å². The molecule has 3 rings (SSSR count). The zero-order valence-corrected chi connectivity index (χ0v) is 13.0. The summed E-state index contributed by atoms with van der Waals surface area (Å²) in [4.78, 5) is 24.6. The molecule has 1 aliphatic heterocycles. The summed E-state index contributed by atoms with van der Waals surface area (Å²) in [7, 11) is 0. The van der Waals surface area contributed by atoms with Gasteiger partial charge in [-0.3, -0.25) is 9.59 Å². The Hall–Kier alpha value is -1.95. The first-order valence-electron chi connectivity index (χ1n) is 8.03. The van der Waals surface area contributed by atoms with Crippen LogP contribution >= 0.6 is 0 Å². The Bertz CT molecular complexity index is 634. The van der Waals surface area contributed by atoms with Crippen molar-refractivity contribution >= 4 is 17.5 Å². The molecule has 1 aromatic carbocycles. The number of aliphatic hydroxyl groups is 1. The second-order valence-corrected chi connectivity index (χ2v) is 6.48. The van der Waals surface area contributed by atoms with Gasteiger partial charge in [0.05, 0.1) is 6.10 Å². The Kier molecular flexibility index (Phi) is 4.35. The maximum atomic E-state index is 13.6. The number of nitrogens with one attached hydrogen (secondary N) is 2. The van der Waals surface area contributed by atoms with E-state index in [9.17, 15) is 19.1 Å². The third kappa shape index (κ3) is 3.08. The fourth-order valence-corrected chi connectivity index (χ4v) is 3.59. The Morgan fingerprint density at radius 3 is 2.83 bits per heavy atom. The lowest BCUT2D eigenvalue weighted by atomic mass is 9.73. The van der Waals surface area contributed by atoms with E-state index >= 15 is 0 Å². The highest BCUT2D eigenvalue weighted by molar-refractivity contribution is 6.07. The number of carbonyl (C=O) groups is 2. The predicted molar refractivity (Wildman–Crippen MR) is 83.2 cm³/mol. The second-order valence-electron chi connectivity index (χ2n) is 6.48. The maximum absolute atomic E-state index is 13.6. The molecule has 1 aromatic rings. The van der Waals surface area contributed by atoms with Gasteiger partial charge in [0.1, 0.15) is 11.7 Å². The Morgan fingerprint density at radius 2 is 2.09 bits per heavy atom. The molecule has 0 spiro atoms. The van der Waals surface area contributed by atoms with E-state index in [1.807, 2.05) is 0 Å². The van der Waals surface area contributed by atoms with Crippen LogP contribution in [0.1, 0.15) is 31.2 Å². The number of hydrogen-bond donors (Lipinski definition) is 3. The average molecular weight is 320 g/mol. The van der Waals surface area contributed by atoms with E-state index in [2.05, 4.69) is 10.6 Å². The second kappa shape index (κ2) is 6.28. The molecule has 4 atom stereocenters. The van der Waals surface area contributed by atoms with Crippen molar-refractivity contribution in [1.82, 2.24) is 5.32 Å². The number of hydrogen-bond acceptors (Lipinski definition) is 3. The van der Waals surface area contributed by atoms with Gasteiger partial charge in [-0.05, 0) is 37.5 Å². The van der Waals surface area contributed by atoms with Crippen molar-refractivity contribution in [2.75, 3.05) is 5.32 Å². The Labute approximate surface area is 134 Å². The van der Waals surface area contributed by atoms with Gasteiger partial charge in [0.2, 0.25) is 11.8 Å². The summed E-state index contributed by atoms with van der Waals surface area (Å²) in [6.07, 6.45) is 2.66. The van der Waals surface area contributed by atoms with Gasteiger partial charge in [0, 0.05) is 17.6 Å². The number of aryl methyl sites for hydroxylation is 1. The van der Waals surface area contributed by atoms with E-state index in [0.29, 0.717) is 5.56 Å². The summed E-state index contributed by atoms with van der Waals surface area (Å²) in [5.41, 5.74) is 0.757. The zero-order valence-electron chi connectivity index (χ0n) is 13.0. The molecule has 0 aromatic heterocycles. The quantitative estimate of drug-likeness (QED) is 0.726. The molecule has 1 saturated heterocycles. The van der Waals surface area contributed by atoms with Gasteiger partial charge < -0.3 is 15.7 Å². The third-order valence-corrected chi connectivity index (χ3v) is 4.93. The monoisotopic (exact) mass is 320 g/mol. The molecule has 0 bridgehead atoms. The molecule has 2 amide bonds. The summed E-state index contributed by atoms with van der Waals surface area (Å²) >= 11 is 0. The standard InChI is InChI=1S/C17H21FN2O3/c1-9-6-7-10(8-12(9)18)19-16(22)14-15(21)11-4-2-3-5-13(11)20-17(14)23/h6-8,11,13-15,21H,2-5H2,1H3,(H,19,22)(H,20,23). The van der Waals surface area contributed by atoms with Crippen LogP contribution in [0.3, 0.4) is 0 Å². The van der Waals surface area contributed by atoms with Crippen molar-refractivity contribution in [3.05, 3.63) is 29.6 Å². The topological polar surface area (TPSA) is 78.4 Å². The van der Waals surface area contributed by atoms with E-state index in [4.69, 9.17) is 0 Å². The van der Waals surface area contributed by atoms with E-state index in [1.165, 1.54) is 6.07 Å². The van der Waals surface area contributed by atoms with Crippen LogP contribution in [0.25, 0.3) is 0 Å². The van der Waals surface area contributed by atoms with Crippen LogP contribution in [0.5, 0.6) is 0 Å². The van der Waals surface area contributed by atoms with Gasteiger partial charge in [0.25, 0.3) is 0 Å². The van der Waals surface area contributed by atoms with E-state index in [1.54, 1.807) is 19.1 Å². The summed E-state index contributed by atoms with van der Waals surface area (Å²) in [5.74, 6) is -2.72. The minimum absolute atomic E-state index is 0.0490. The van der Waals surface area contributed by atoms with Gasteiger partial charge in [0.15, 0.2) is 0 Å². The van der Waals surface area contributed by atoms with Crippen LogP contribution in [0.2, 0.25) is 0 Å². The molecule has 4 unspecified atom stereocenters. The van der Waals surface area contributed by atoms with Crippen molar-refractivity contribution in [3.8, 4) is 0 Å². The smallest absolute Gasteiger partial charge is 0.239 e. The molecule has 2 fully saturated rings. The lowest BCUT2D eigenvalue weighted by Crippen LogP contribution is -2.60. The van der Waals surface area contributed by atoms with E-state index < -0.39 is 29.7 Å². The fraction of sp³-hybridized carbons (Fsp3) is 0.529. The van der Waals surface area contributed by atoms with Crippen molar-refractivity contribution in [2.45, 2.75) is 44.8 Å². The molecule has 3 N–H and O–H groups in total. The number of piperidine rings is 1. The lowest BCUT2D eigenvalue weighted by molar-refractivity contribution is -0.146. The Morgan fingerprint density at radius 1 is 1.35 bits per heavy atom. The number of halogens is 1. The lowest BCUT2D eigenvalue weighted by Gasteiger charge is -2.42. The minimum atomic E-state index is -1.15. The number of anilines is 1. The highest BCUT2D eigenvalue weighted by atomic mass is 19.1. The SMILES string of the molecule is Cc1ccc(NC(=O)C2C(=O)NC3CCCCC3C2O)cc1F. The fourth-order valence-electron chi connectivity index (χ4n) is 3.59. The largest absolute Gasteiger partial charge is 0.391 e. The first kappa shape index (κ1) is 15.9. The molecule has 2 aliphatic rings. The zero-order chi connectivity index (χ0) is 16.6. The highest BCUT2D eigenvalue weighted by Crippen LogP contribution is 2.34. The molecular weight excluding hydrogens is 299 g/mol. The molecule has 1 heterocycles. The summed E-state index contributed by atoms with van der Waals surface area (Å²) in [6, 6.07) is 4.29. The maximum Gasteiger partial charge on any atom is 0.239 e. The Balaban J connectivity index is 1.75. The van der Waals surface area contributed by atoms with Crippen LogP contribution in [0.4, 0.5) is 10.1 Å². The van der Waals surface area contributed by atoms with Gasteiger partial charge >= 0.3 is 0 Å². The predicted octanol–water partition coefficient (Wildman–Crippen LogP) is 1.74. The number of rotatable bonds is 2. The van der Waals surface area contributed by atoms with Gasteiger partial charge in [-0.1, -0.05) is 18.9 Å². The third-order valence-electron chi connectivity index (χ3n) is 4.93. The van der Waals surface area contributed by atoms with Crippen molar-refractivity contribution in [2.24, 2.45) is 11.8 Å². The molecule has 1 aliphatic carbocycles. The van der Waals surface area contributed by atoms with Crippen LogP contribution in [0.15, 0.2) is 18.2 Å². The van der Waals surface area contributed by atoms with Crippen molar-refractivity contribution in [3.63, 3.8) is 0 Å².